The largest absolute Gasteiger partial charge is 0.350 e. The Bertz CT molecular complexity index is 924. The van der Waals surface area contributed by atoms with Crippen molar-refractivity contribution in [3.05, 3.63) is 16.3 Å². The Labute approximate surface area is 184 Å². The van der Waals surface area contributed by atoms with Crippen LogP contribution in [0.15, 0.2) is 0 Å². The molecule has 0 unspecified atom stereocenters. The van der Waals surface area contributed by atoms with Crippen LogP contribution in [-0.2, 0) is 24.2 Å². The number of hydrogen-bond donors (Lipinski definition) is 1. The molecule has 0 aromatic carbocycles. The zero-order valence-corrected chi connectivity index (χ0v) is 19.9. The quantitative estimate of drug-likeness (QED) is 0.784. The highest BCUT2D eigenvalue weighted by molar-refractivity contribution is 7.19. The molecule has 7 heteroatoms. The number of anilines is 1. The van der Waals surface area contributed by atoms with Crippen molar-refractivity contribution in [2.24, 2.45) is 5.92 Å². The van der Waals surface area contributed by atoms with Gasteiger partial charge in [-0.25, -0.2) is 9.97 Å². The van der Waals surface area contributed by atoms with E-state index >= 15 is 0 Å². The van der Waals surface area contributed by atoms with Crippen LogP contribution in [0.2, 0.25) is 0 Å². The van der Waals surface area contributed by atoms with Gasteiger partial charge in [0.15, 0.2) is 0 Å². The lowest BCUT2D eigenvalue weighted by atomic mass is 9.99. The van der Waals surface area contributed by atoms with Gasteiger partial charge in [0, 0.05) is 17.5 Å². The van der Waals surface area contributed by atoms with Crippen LogP contribution in [0.3, 0.4) is 0 Å². The topological polar surface area (TPSA) is 61.4 Å². The van der Waals surface area contributed by atoms with Crippen molar-refractivity contribution in [2.45, 2.75) is 71.9 Å². The van der Waals surface area contributed by atoms with E-state index in [1.165, 1.54) is 35.1 Å². The first kappa shape index (κ1) is 21.5. The lowest BCUT2D eigenvalue weighted by molar-refractivity contribution is -0.121. The van der Waals surface area contributed by atoms with Gasteiger partial charge in [0.25, 0.3) is 0 Å². The summed E-state index contributed by atoms with van der Waals surface area (Å²) in [5.74, 6) is 2.64. The molecule has 164 valence electrons. The van der Waals surface area contributed by atoms with Crippen molar-refractivity contribution in [3.63, 3.8) is 0 Å². The second-order valence-electron chi connectivity index (χ2n) is 10.1. The first-order valence-electron chi connectivity index (χ1n) is 11.3. The molecule has 2 aliphatic rings. The Morgan fingerprint density at radius 2 is 1.97 bits per heavy atom. The van der Waals surface area contributed by atoms with Crippen LogP contribution < -0.4 is 10.2 Å². The summed E-state index contributed by atoms with van der Waals surface area (Å²) in [7, 11) is 1.98. The molecule has 1 amide bonds. The predicted molar refractivity (Wildman–Crippen MR) is 124 cm³/mol. The Morgan fingerprint density at radius 3 is 2.67 bits per heavy atom. The first-order chi connectivity index (χ1) is 14.2. The summed E-state index contributed by atoms with van der Waals surface area (Å²) in [6.45, 7) is 11.7. The highest BCUT2D eigenvalue weighted by atomic mass is 32.1. The maximum Gasteiger partial charge on any atom is 0.239 e. The van der Waals surface area contributed by atoms with E-state index in [0.29, 0.717) is 6.54 Å². The van der Waals surface area contributed by atoms with Crippen molar-refractivity contribution >= 4 is 33.3 Å². The molecule has 6 nitrogen and oxygen atoms in total. The third-order valence-electron chi connectivity index (χ3n) is 6.09. The molecule has 2 aromatic rings. The van der Waals surface area contributed by atoms with E-state index in [1.807, 2.05) is 44.1 Å². The summed E-state index contributed by atoms with van der Waals surface area (Å²) >= 11 is 1.83. The van der Waals surface area contributed by atoms with Crippen molar-refractivity contribution in [2.75, 3.05) is 31.6 Å². The van der Waals surface area contributed by atoms with Crippen LogP contribution in [-0.4, -0.2) is 53.0 Å². The number of carbonyl (C=O) groups excluding carboxylic acids is 1. The van der Waals surface area contributed by atoms with Crippen LogP contribution in [0.1, 0.15) is 63.2 Å². The molecule has 4 rings (SSSR count). The third kappa shape index (κ3) is 4.78. The Hall–Kier alpha value is -1.73. The number of amides is 1. The molecule has 0 bridgehead atoms. The summed E-state index contributed by atoms with van der Waals surface area (Å²) in [6, 6.07) is 0. The number of nitrogens with one attached hydrogen (secondary N) is 1. The molecular formula is C23H35N5OS. The minimum atomic E-state index is -0.237. The number of fused-ring (bicyclic) bond motifs is 3. The number of nitrogens with zero attached hydrogens (tertiary/aromatic N) is 4. The molecule has 2 aromatic heterocycles. The van der Waals surface area contributed by atoms with Gasteiger partial charge in [-0.3, -0.25) is 9.69 Å². The molecule has 1 aliphatic heterocycles. The number of rotatable bonds is 5. The predicted octanol–water partition coefficient (Wildman–Crippen LogP) is 3.76. The van der Waals surface area contributed by atoms with E-state index in [4.69, 9.17) is 9.97 Å². The van der Waals surface area contributed by atoms with Crippen molar-refractivity contribution < 1.29 is 4.79 Å². The molecule has 0 atom stereocenters. The van der Waals surface area contributed by atoms with E-state index in [2.05, 4.69) is 17.1 Å². The SMILES string of the molecule is CC1CCN(Cc2nc(N(C)CC(=O)NC(C)(C)C)c3c4c(sc3n2)CCC4)CC1. The molecule has 0 radical (unpaired) electrons. The monoisotopic (exact) mass is 429 g/mol. The summed E-state index contributed by atoms with van der Waals surface area (Å²) in [6.07, 6.45) is 5.93. The minimum absolute atomic E-state index is 0.0233. The lowest BCUT2D eigenvalue weighted by Gasteiger charge is -2.30. The Morgan fingerprint density at radius 1 is 1.23 bits per heavy atom. The third-order valence-corrected chi connectivity index (χ3v) is 7.28. The molecule has 1 N–H and O–H groups in total. The number of likely N-dealkylation sites (tertiary alicyclic amines) is 1. The van der Waals surface area contributed by atoms with E-state index in [0.717, 1.165) is 54.9 Å². The van der Waals surface area contributed by atoms with Crippen LogP contribution in [0.25, 0.3) is 10.2 Å². The number of aromatic nitrogens is 2. The van der Waals surface area contributed by atoms with E-state index in [-0.39, 0.29) is 11.4 Å². The van der Waals surface area contributed by atoms with Gasteiger partial charge >= 0.3 is 0 Å². The highest BCUT2D eigenvalue weighted by Gasteiger charge is 2.26. The van der Waals surface area contributed by atoms with Crippen LogP contribution >= 0.6 is 11.3 Å². The van der Waals surface area contributed by atoms with Gasteiger partial charge in [0.1, 0.15) is 16.5 Å². The molecule has 3 heterocycles. The van der Waals surface area contributed by atoms with E-state index < -0.39 is 0 Å². The molecular weight excluding hydrogens is 394 g/mol. The fraction of sp³-hybridized carbons (Fsp3) is 0.696. The molecule has 1 aliphatic carbocycles. The van der Waals surface area contributed by atoms with Gasteiger partial charge in [0.05, 0.1) is 18.5 Å². The second-order valence-corrected chi connectivity index (χ2v) is 11.2. The molecule has 0 saturated carbocycles. The highest BCUT2D eigenvalue weighted by Crippen LogP contribution is 2.40. The summed E-state index contributed by atoms with van der Waals surface area (Å²) in [5.41, 5.74) is 1.17. The molecule has 1 saturated heterocycles. The first-order valence-corrected chi connectivity index (χ1v) is 12.1. The zero-order valence-electron chi connectivity index (χ0n) is 19.0. The summed E-state index contributed by atoms with van der Waals surface area (Å²) in [4.78, 5) is 29.6. The van der Waals surface area contributed by atoms with Crippen LogP contribution in [0, 0.1) is 5.92 Å². The van der Waals surface area contributed by atoms with Gasteiger partial charge in [0.2, 0.25) is 5.91 Å². The molecule has 1 fully saturated rings. The number of aryl methyl sites for hydroxylation is 2. The standard InChI is InChI=1S/C23H35N5OS/c1-15-9-11-28(12-10-15)13-18-24-21(27(5)14-19(29)26-23(2,3)4)20-16-7-6-8-17(16)30-22(20)25-18/h15H,6-14H2,1-5H3,(H,26,29). The second kappa shape index (κ2) is 8.42. The number of carbonyl (C=O) groups is 1. The number of thiophene rings is 1. The number of hydrogen-bond acceptors (Lipinski definition) is 6. The fourth-order valence-electron chi connectivity index (χ4n) is 4.53. The van der Waals surface area contributed by atoms with Gasteiger partial charge in [-0.1, -0.05) is 6.92 Å². The van der Waals surface area contributed by atoms with Gasteiger partial charge in [-0.05, 0) is 77.4 Å². The normalized spacial score (nSPS) is 18.0. The van der Waals surface area contributed by atoms with Crippen molar-refractivity contribution in [3.8, 4) is 0 Å². The Balaban J connectivity index is 1.63. The molecule has 30 heavy (non-hydrogen) atoms. The van der Waals surface area contributed by atoms with Crippen LogP contribution in [0.5, 0.6) is 0 Å². The number of likely N-dealkylation sites (N-methyl/N-ethyl adjacent to an activating group) is 1. The smallest absolute Gasteiger partial charge is 0.239 e. The maximum absolute atomic E-state index is 12.6. The van der Waals surface area contributed by atoms with Crippen molar-refractivity contribution in [1.82, 2.24) is 20.2 Å². The maximum atomic E-state index is 12.6. The fourth-order valence-corrected chi connectivity index (χ4v) is 5.81. The average molecular weight is 430 g/mol. The summed E-state index contributed by atoms with van der Waals surface area (Å²) in [5, 5.41) is 4.24. The Kier molecular flexibility index (Phi) is 6.04. The van der Waals surface area contributed by atoms with Crippen LogP contribution in [0.4, 0.5) is 5.82 Å². The van der Waals surface area contributed by atoms with Crippen molar-refractivity contribution in [1.29, 1.82) is 0 Å². The summed E-state index contributed by atoms with van der Waals surface area (Å²) < 4.78 is 0. The lowest BCUT2D eigenvalue weighted by Crippen LogP contribution is -2.45. The van der Waals surface area contributed by atoms with Gasteiger partial charge in [-0.2, -0.15) is 0 Å². The molecule has 0 spiro atoms. The minimum Gasteiger partial charge on any atom is -0.350 e. The van der Waals surface area contributed by atoms with E-state index in [9.17, 15) is 4.79 Å². The zero-order chi connectivity index (χ0) is 21.5. The van der Waals surface area contributed by atoms with Gasteiger partial charge < -0.3 is 10.2 Å². The van der Waals surface area contributed by atoms with Gasteiger partial charge in [-0.15, -0.1) is 11.3 Å². The van der Waals surface area contributed by atoms with E-state index in [1.54, 1.807) is 0 Å². The average Bonchev–Trinajstić information content (AvgIpc) is 3.22. The number of piperidine rings is 1.